The van der Waals surface area contributed by atoms with Crippen LogP contribution in [0.3, 0.4) is 0 Å². The Morgan fingerprint density at radius 3 is 2.86 bits per heavy atom. The number of nitrogens with two attached hydrogens (primary N) is 2. The zero-order valence-electron chi connectivity index (χ0n) is 24.7. The zero-order chi connectivity index (χ0) is 30.5. The number of ether oxygens (including phenoxy) is 1. The number of halogens is 2. The van der Waals surface area contributed by atoms with Crippen molar-refractivity contribution in [1.82, 2.24) is 19.4 Å². The summed E-state index contributed by atoms with van der Waals surface area (Å²) in [5.74, 6) is 1.30. The number of amidine groups is 1. The summed E-state index contributed by atoms with van der Waals surface area (Å²) in [6.45, 7) is 8.16. The summed E-state index contributed by atoms with van der Waals surface area (Å²) in [5.41, 5.74) is 14.7. The summed E-state index contributed by atoms with van der Waals surface area (Å²) >= 11 is 6.28. The molecule has 2 aromatic carbocycles. The number of rotatable bonds is 11. The van der Waals surface area contributed by atoms with Gasteiger partial charge in [-0.3, -0.25) is 14.5 Å². The molecule has 2 aromatic heterocycles. The molecule has 0 aliphatic carbocycles. The highest BCUT2D eigenvalue weighted by Crippen LogP contribution is 2.32. The number of fused-ring (bicyclic) bond motifs is 2. The Balaban J connectivity index is 1.37. The zero-order valence-corrected chi connectivity index (χ0v) is 25.5. The van der Waals surface area contributed by atoms with Crippen LogP contribution in [0.2, 0.25) is 5.02 Å². The molecule has 1 aliphatic heterocycles. The van der Waals surface area contributed by atoms with Gasteiger partial charge in [-0.05, 0) is 55.0 Å². The second kappa shape index (κ2) is 13.7. The number of benzene rings is 2. The first-order chi connectivity index (χ1) is 20.7. The largest absolute Gasteiger partial charge is 0.492 e. The molecule has 1 aliphatic rings. The van der Waals surface area contributed by atoms with E-state index in [2.05, 4.69) is 33.7 Å². The number of hydrogen-bond donors (Lipinski definition) is 3. The molecule has 4 aromatic rings. The van der Waals surface area contributed by atoms with Crippen molar-refractivity contribution in [2.45, 2.75) is 46.1 Å². The molecular weight excluding hydrogens is 569 g/mol. The normalized spacial score (nSPS) is 14.2. The first kappa shape index (κ1) is 30.7. The van der Waals surface area contributed by atoms with E-state index in [1.165, 1.54) is 4.57 Å². The average molecular weight is 608 g/mol. The minimum absolute atomic E-state index is 0.0802. The smallest absolute Gasteiger partial charge is 0.354 e. The molecule has 0 saturated heterocycles. The van der Waals surface area contributed by atoms with Gasteiger partial charge in [0.1, 0.15) is 23.8 Å². The van der Waals surface area contributed by atoms with Crippen LogP contribution in [0, 0.1) is 11.7 Å². The highest BCUT2D eigenvalue weighted by atomic mass is 35.5. The summed E-state index contributed by atoms with van der Waals surface area (Å²) in [7, 11) is 0. The van der Waals surface area contributed by atoms with Crippen LogP contribution in [0.25, 0.3) is 28.0 Å². The third-order valence-corrected chi connectivity index (χ3v) is 7.95. The van der Waals surface area contributed by atoms with Gasteiger partial charge < -0.3 is 21.2 Å². The first-order valence-corrected chi connectivity index (χ1v) is 15.2. The van der Waals surface area contributed by atoms with Crippen LogP contribution in [0.4, 0.5) is 4.39 Å². The molecule has 0 saturated carbocycles. The molecule has 0 bridgehead atoms. The Kier molecular flexibility index (Phi) is 9.79. The molecule has 9 nitrogen and oxygen atoms in total. The summed E-state index contributed by atoms with van der Waals surface area (Å²) < 4.78 is 22.7. The fourth-order valence-corrected chi connectivity index (χ4v) is 5.60. The van der Waals surface area contributed by atoms with Crippen molar-refractivity contribution in [1.29, 1.82) is 0 Å². The summed E-state index contributed by atoms with van der Waals surface area (Å²) in [4.78, 5) is 27.1. The molecule has 3 heterocycles. The standard InChI is InChI=1S/C32H39ClFN7O2/c1-20(2)5-3-6-21-13-25(30(34)26(33)14-21)27-15-23-19-41(32(42)39-31(23)38-27)24-8-7-22-18-40(11-12-43-28(22)16-24)10-4-9-37-29(36)17-35/h7-8,13-16,19-20H,3-6,9-12,17-18,35H2,1-2H3,(H2,36,37)(H,38,39,42). The van der Waals surface area contributed by atoms with Gasteiger partial charge in [-0.2, -0.15) is 4.98 Å². The number of aliphatic imine (C=N–C) groups is 1. The van der Waals surface area contributed by atoms with Gasteiger partial charge >= 0.3 is 5.69 Å². The molecule has 43 heavy (non-hydrogen) atoms. The Hall–Kier alpha value is -3.73. The monoisotopic (exact) mass is 607 g/mol. The predicted octanol–water partition coefficient (Wildman–Crippen LogP) is 5.05. The summed E-state index contributed by atoms with van der Waals surface area (Å²) in [6.07, 6.45) is 5.47. The van der Waals surface area contributed by atoms with E-state index in [0.717, 1.165) is 62.2 Å². The van der Waals surface area contributed by atoms with Gasteiger partial charge in [0.05, 0.1) is 22.9 Å². The van der Waals surface area contributed by atoms with Gasteiger partial charge in [0, 0.05) is 55.0 Å². The number of hydrogen-bond acceptors (Lipinski definition) is 6. The number of aromatic amines is 1. The lowest BCUT2D eigenvalue weighted by Crippen LogP contribution is -2.28. The number of nitrogens with one attached hydrogen (secondary N) is 1. The molecule has 0 radical (unpaired) electrons. The minimum atomic E-state index is -0.500. The Morgan fingerprint density at radius 2 is 2.07 bits per heavy atom. The van der Waals surface area contributed by atoms with Crippen molar-refractivity contribution >= 4 is 28.5 Å². The third kappa shape index (κ3) is 7.44. The Labute approximate surface area is 255 Å². The van der Waals surface area contributed by atoms with Crippen LogP contribution < -0.4 is 21.9 Å². The molecule has 0 unspecified atom stereocenters. The Morgan fingerprint density at radius 1 is 1.23 bits per heavy atom. The van der Waals surface area contributed by atoms with Crippen molar-refractivity contribution in [2.24, 2.45) is 22.4 Å². The molecule has 0 fully saturated rings. The average Bonchev–Trinajstić information content (AvgIpc) is 3.27. The maximum Gasteiger partial charge on any atom is 0.354 e. The maximum atomic E-state index is 15.2. The van der Waals surface area contributed by atoms with E-state index in [1.54, 1.807) is 18.3 Å². The third-order valence-electron chi connectivity index (χ3n) is 7.68. The van der Waals surface area contributed by atoms with Gasteiger partial charge in [0.15, 0.2) is 5.82 Å². The van der Waals surface area contributed by atoms with Gasteiger partial charge in [-0.25, -0.2) is 9.18 Å². The van der Waals surface area contributed by atoms with Crippen LogP contribution in [0.5, 0.6) is 5.75 Å². The highest BCUT2D eigenvalue weighted by molar-refractivity contribution is 6.31. The fourth-order valence-electron chi connectivity index (χ4n) is 5.36. The van der Waals surface area contributed by atoms with Gasteiger partial charge in [-0.1, -0.05) is 37.9 Å². The second-order valence-corrected chi connectivity index (χ2v) is 11.9. The van der Waals surface area contributed by atoms with Crippen molar-refractivity contribution in [2.75, 3.05) is 32.8 Å². The van der Waals surface area contributed by atoms with E-state index in [1.807, 2.05) is 24.3 Å². The van der Waals surface area contributed by atoms with Crippen molar-refractivity contribution < 1.29 is 9.13 Å². The lowest BCUT2D eigenvalue weighted by Gasteiger charge is -2.18. The molecule has 11 heteroatoms. The van der Waals surface area contributed by atoms with E-state index in [9.17, 15) is 4.79 Å². The topological polar surface area (TPSA) is 128 Å². The number of nitrogens with zero attached hydrogens (tertiary/aromatic N) is 4. The number of aryl methyl sites for hydroxylation is 1. The van der Waals surface area contributed by atoms with Gasteiger partial charge in [-0.15, -0.1) is 0 Å². The minimum Gasteiger partial charge on any atom is -0.492 e. The number of aromatic nitrogens is 3. The lowest BCUT2D eigenvalue weighted by molar-refractivity contribution is 0.225. The predicted molar refractivity (Wildman–Crippen MR) is 171 cm³/mol. The molecule has 0 atom stereocenters. The van der Waals surface area contributed by atoms with E-state index in [-0.39, 0.29) is 11.6 Å². The van der Waals surface area contributed by atoms with E-state index < -0.39 is 11.5 Å². The van der Waals surface area contributed by atoms with Gasteiger partial charge in [0.25, 0.3) is 0 Å². The van der Waals surface area contributed by atoms with Crippen LogP contribution >= 0.6 is 11.6 Å². The molecule has 0 amide bonds. The SMILES string of the molecule is CC(C)CCCc1cc(Cl)c(F)c(-c2cc3cn(-c4ccc5c(c4)OCCN(CCCN=C(N)CN)C5)c(=O)nc3[nH]2)c1. The second-order valence-electron chi connectivity index (χ2n) is 11.5. The van der Waals surface area contributed by atoms with Crippen LogP contribution in [-0.2, 0) is 13.0 Å². The molecule has 5 rings (SSSR count). The molecule has 228 valence electrons. The quantitative estimate of drug-likeness (QED) is 0.124. The molecule has 5 N–H and O–H groups in total. The van der Waals surface area contributed by atoms with Crippen LogP contribution in [0.15, 0.2) is 52.4 Å². The van der Waals surface area contributed by atoms with E-state index >= 15 is 4.39 Å². The fraction of sp³-hybridized carbons (Fsp3) is 0.406. The maximum absolute atomic E-state index is 15.2. The van der Waals surface area contributed by atoms with Gasteiger partial charge in [0.2, 0.25) is 0 Å². The first-order valence-electron chi connectivity index (χ1n) is 14.8. The van der Waals surface area contributed by atoms with Crippen LogP contribution in [0.1, 0.15) is 44.2 Å². The van der Waals surface area contributed by atoms with Crippen molar-refractivity contribution in [3.63, 3.8) is 0 Å². The van der Waals surface area contributed by atoms with E-state index in [0.29, 0.717) is 52.9 Å². The lowest BCUT2D eigenvalue weighted by atomic mass is 10.00. The number of H-pyrrole nitrogens is 1. The van der Waals surface area contributed by atoms with Crippen molar-refractivity contribution in [3.05, 3.63) is 75.0 Å². The Bertz CT molecular complexity index is 1680. The molecule has 0 spiro atoms. The summed E-state index contributed by atoms with van der Waals surface area (Å²) in [5, 5.41) is 0.756. The summed E-state index contributed by atoms with van der Waals surface area (Å²) in [6, 6.07) is 11.1. The van der Waals surface area contributed by atoms with Crippen LogP contribution in [-0.4, -0.2) is 58.1 Å². The highest BCUT2D eigenvalue weighted by Gasteiger charge is 2.18. The van der Waals surface area contributed by atoms with Crippen molar-refractivity contribution in [3.8, 4) is 22.7 Å². The molecular formula is C32H39ClFN7O2. The van der Waals surface area contributed by atoms with E-state index in [4.69, 9.17) is 27.8 Å².